The molecular formula is C11H9N3S2. The molecule has 0 saturated carbocycles. The summed E-state index contributed by atoms with van der Waals surface area (Å²) in [5, 5.41) is 2.07. The maximum Gasteiger partial charge on any atom is 0.150 e. The van der Waals surface area contributed by atoms with Crippen molar-refractivity contribution in [1.29, 1.82) is 0 Å². The van der Waals surface area contributed by atoms with Gasteiger partial charge in [-0.05, 0) is 11.4 Å². The highest BCUT2D eigenvalue weighted by Crippen LogP contribution is 2.23. The van der Waals surface area contributed by atoms with Gasteiger partial charge < -0.3 is 4.57 Å². The van der Waals surface area contributed by atoms with Crippen LogP contribution in [0, 0.1) is 0 Å². The lowest BCUT2D eigenvalue weighted by Gasteiger charge is -2.03. The van der Waals surface area contributed by atoms with E-state index in [0.29, 0.717) is 0 Å². The lowest BCUT2D eigenvalue weighted by molar-refractivity contribution is 0.820. The summed E-state index contributed by atoms with van der Waals surface area (Å²) in [5.74, 6) is 1.03. The zero-order valence-electron chi connectivity index (χ0n) is 8.41. The molecule has 0 unspecified atom stereocenters. The third kappa shape index (κ3) is 1.79. The molecule has 16 heavy (non-hydrogen) atoms. The number of hydrogen-bond acceptors (Lipinski definition) is 4. The summed E-state index contributed by atoms with van der Waals surface area (Å²) in [4.78, 5) is 10.9. The molecule has 0 fully saturated rings. The largest absolute Gasteiger partial charge is 0.325 e. The number of aromatic nitrogens is 3. The normalized spacial score (nSPS) is 10.8. The maximum absolute atomic E-state index is 4.40. The molecule has 0 aliphatic rings. The van der Waals surface area contributed by atoms with Crippen LogP contribution in [0.25, 0.3) is 10.7 Å². The first-order chi connectivity index (χ1) is 7.93. The molecule has 3 aromatic heterocycles. The van der Waals surface area contributed by atoms with Gasteiger partial charge >= 0.3 is 0 Å². The van der Waals surface area contributed by atoms with Crippen molar-refractivity contribution >= 4 is 22.7 Å². The molecule has 0 aromatic carbocycles. The fourth-order valence-electron chi connectivity index (χ4n) is 1.56. The van der Waals surface area contributed by atoms with E-state index >= 15 is 0 Å². The van der Waals surface area contributed by atoms with Crippen LogP contribution in [0.15, 0.2) is 41.6 Å². The van der Waals surface area contributed by atoms with Crippen LogP contribution in [0.1, 0.15) is 4.88 Å². The predicted molar refractivity (Wildman–Crippen MR) is 66.8 cm³/mol. The minimum absolute atomic E-state index is 0.845. The Bertz CT molecular complexity index is 552. The molecule has 3 nitrogen and oxygen atoms in total. The smallest absolute Gasteiger partial charge is 0.150 e. The quantitative estimate of drug-likeness (QED) is 0.712. The van der Waals surface area contributed by atoms with Crippen molar-refractivity contribution in [2.45, 2.75) is 6.54 Å². The van der Waals surface area contributed by atoms with E-state index in [9.17, 15) is 0 Å². The molecule has 0 amide bonds. The van der Waals surface area contributed by atoms with Gasteiger partial charge in [0.25, 0.3) is 0 Å². The number of rotatable bonds is 3. The van der Waals surface area contributed by atoms with Crippen LogP contribution < -0.4 is 0 Å². The van der Waals surface area contributed by atoms with E-state index < -0.39 is 0 Å². The minimum atomic E-state index is 0.845. The first-order valence-corrected chi connectivity index (χ1v) is 6.62. The second-order valence-electron chi connectivity index (χ2n) is 3.32. The fraction of sp³-hybridized carbons (Fsp3) is 0.0909. The number of thiazole rings is 1. The molecule has 0 aliphatic carbocycles. The van der Waals surface area contributed by atoms with E-state index in [4.69, 9.17) is 0 Å². The Morgan fingerprint density at radius 2 is 2.31 bits per heavy atom. The molecule has 0 N–H and O–H groups in total. The third-order valence-corrected chi connectivity index (χ3v) is 3.90. The minimum Gasteiger partial charge on any atom is -0.325 e. The van der Waals surface area contributed by atoms with Gasteiger partial charge in [-0.2, -0.15) is 0 Å². The van der Waals surface area contributed by atoms with Gasteiger partial charge in [-0.1, -0.05) is 6.07 Å². The Kier molecular flexibility index (Phi) is 2.55. The van der Waals surface area contributed by atoms with Crippen LogP contribution in [0.2, 0.25) is 0 Å². The van der Waals surface area contributed by atoms with Crippen molar-refractivity contribution in [2.24, 2.45) is 0 Å². The van der Waals surface area contributed by atoms with E-state index in [-0.39, 0.29) is 0 Å². The highest BCUT2D eigenvalue weighted by atomic mass is 32.1. The molecule has 0 saturated heterocycles. The van der Waals surface area contributed by atoms with E-state index in [0.717, 1.165) is 12.4 Å². The molecule has 0 spiro atoms. The van der Waals surface area contributed by atoms with Gasteiger partial charge in [-0.15, -0.1) is 22.7 Å². The molecule has 3 aromatic rings. The summed E-state index contributed by atoms with van der Waals surface area (Å²) in [6.45, 7) is 0.845. The van der Waals surface area contributed by atoms with Crippen molar-refractivity contribution in [1.82, 2.24) is 14.5 Å². The van der Waals surface area contributed by atoms with Crippen molar-refractivity contribution in [3.8, 4) is 10.7 Å². The lowest BCUT2D eigenvalue weighted by atomic mass is 10.4. The Hall–Kier alpha value is -1.46. The fourth-order valence-corrected chi connectivity index (χ4v) is 2.88. The molecular weight excluding hydrogens is 238 g/mol. The molecule has 0 aliphatic heterocycles. The average Bonchev–Trinajstić information content (AvgIpc) is 2.98. The molecule has 3 heterocycles. The van der Waals surface area contributed by atoms with Gasteiger partial charge in [0.2, 0.25) is 0 Å². The molecule has 5 heteroatoms. The Balaban J connectivity index is 1.94. The summed E-state index contributed by atoms with van der Waals surface area (Å²) in [6.07, 6.45) is 5.76. The molecule has 0 atom stereocenters. The first-order valence-electron chi connectivity index (χ1n) is 4.86. The van der Waals surface area contributed by atoms with Crippen LogP contribution in [0.5, 0.6) is 0 Å². The molecule has 0 bridgehead atoms. The van der Waals surface area contributed by atoms with Crippen molar-refractivity contribution < 1.29 is 0 Å². The predicted octanol–water partition coefficient (Wildman–Crippen LogP) is 3.12. The summed E-state index contributed by atoms with van der Waals surface area (Å²) in [5.41, 5.74) is 1.86. The van der Waals surface area contributed by atoms with Gasteiger partial charge in [0.05, 0.1) is 16.9 Å². The van der Waals surface area contributed by atoms with Crippen LogP contribution in [-0.2, 0) is 6.54 Å². The van der Waals surface area contributed by atoms with E-state index in [1.54, 1.807) is 22.7 Å². The van der Waals surface area contributed by atoms with Crippen molar-refractivity contribution in [3.05, 3.63) is 46.5 Å². The van der Waals surface area contributed by atoms with E-state index in [2.05, 4.69) is 26.0 Å². The van der Waals surface area contributed by atoms with Crippen LogP contribution in [-0.4, -0.2) is 14.5 Å². The van der Waals surface area contributed by atoms with Gasteiger partial charge in [0.1, 0.15) is 5.82 Å². The molecule has 0 radical (unpaired) electrons. The van der Waals surface area contributed by atoms with Crippen LogP contribution in [0.4, 0.5) is 0 Å². The zero-order valence-corrected chi connectivity index (χ0v) is 10.0. The van der Waals surface area contributed by atoms with Crippen LogP contribution in [0.3, 0.4) is 0 Å². The molecule has 3 rings (SSSR count). The highest BCUT2D eigenvalue weighted by molar-refractivity contribution is 7.13. The standard InChI is InChI=1S/C11H9N3S2/c1-2-10(15-5-1)11-13-3-4-14(11)7-9-6-12-8-16-9/h1-6,8H,7H2. The second kappa shape index (κ2) is 4.19. The van der Waals surface area contributed by atoms with Crippen LogP contribution >= 0.6 is 22.7 Å². The number of imidazole rings is 1. The van der Waals surface area contributed by atoms with E-state index in [1.165, 1.54) is 9.75 Å². The zero-order chi connectivity index (χ0) is 10.8. The second-order valence-corrected chi connectivity index (χ2v) is 5.24. The third-order valence-electron chi connectivity index (χ3n) is 2.27. The monoisotopic (exact) mass is 247 g/mol. The number of nitrogens with zero attached hydrogens (tertiary/aromatic N) is 3. The Morgan fingerprint density at radius 1 is 1.31 bits per heavy atom. The highest BCUT2D eigenvalue weighted by Gasteiger charge is 2.07. The van der Waals surface area contributed by atoms with E-state index in [1.807, 2.05) is 30.2 Å². The maximum atomic E-state index is 4.40. The SMILES string of the molecule is c1csc(-c2nccn2Cc2cncs2)c1. The lowest BCUT2D eigenvalue weighted by Crippen LogP contribution is -1.98. The van der Waals surface area contributed by atoms with Crippen molar-refractivity contribution in [2.75, 3.05) is 0 Å². The van der Waals surface area contributed by atoms with Crippen molar-refractivity contribution in [3.63, 3.8) is 0 Å². The summed E-state index contributed by atoms with van der Waals surface area (Å²) < 4.78 is 2.15. The van der Waals surface area contributed by atoms with Gasteiger partial charge in [0.15, 0.2) is 0 Å². The van der Waals surface area contributed by atoms with Gasteiger partial charge in [-0.25, -0.2) is 4.98 Å². The number of thiophene rings is 1. The Morgan fingerprint density at radius 3 is 3.06 bits per heavy atom. The topological polar surface area (TPSA) is 30.7 Å². The average molecular weight is 247 g/mol. The van der Waals surface area contributed by atoms with Gasteiger partial charge in [0, 0.05) is 23.5 Å². The summed E-state index contributed by atoms with van der Waals surface area (Å²) in [7, 11) is 0. The Labute approximate surface area is 101 Å². The number of hydrogen-bond donors (Lipinski definition) is 0. The van der Waals surface area contributed by atoms with Gasteiger partial charge in [-0.3, -0.25) is 4.98 Å². The summed E-state index contributed by atoms with van der Waals surface area (Å²) in [6, 6.07) is 4.14. The first kappa shape index (κ1) is 9.74. The summed E-state index contributed by atoms with van der Waals surface area (Å²) >= 11 is 3.38. The molecule has 80 valence electrons.